The molecule has 0 radical (unpaired) electrons. The molecule has 1 saturated heterocycles. The lowest BCUT2D eigenvalue weighted by molar-refractivity contribution is -0.266. The molecule has 4 unspecified atom stereocenters. The molecule has 3 nitrogen and oxygen atoms in total. The Hall–Kier alpha value is -0.570. The van der Waals surface area contributed by atoms with E-state index in [1.807, 2.05) is 20.8 Å². The number of carbonyl (C=O) groups is 1. The van der Waals surface area contributed by atoms with E-state index in [0.717, 1.165) is 19.3 Å². The number of hydrogen-bond acceptors (Lipinski definition) is 3. The highest BCUT2D eigenvalue weighted by molar-refractivity contribution is 5.74. The van der Waals surface area contributed by atoms with Crippen LogP contribution in [0.1, 0.15) is 47.0 Å². The van der Waals surface area contributed by atoms with Crippen LogP contribution >= 0.6 is 0 Å². The third-order valence-electron chi connectivity index (χ3n) is 3.66. The first-order valence-electron chi connectivity index (χ1n) is 6.25. The average Bonchev–Trinajstić information content (AvgIpc) is 2.15. The number of rotatable bonds is 0. The van der Waals surface area contributed by atoms with Gasteiger partial charge in [0.05, 0.1) is 12.0 Å². The Kier molecular flexibility index (Phi) is 2.99. The fourth-order valence-electron chi connectivity index (χ4n) is 2.65. The number of esters is 1. The number of fused-ring (bicyclic) bond motifs is 1. The summed E-state index contributed by atoms with van der Waals surface area (Å²) >= 11 is 0. The van der Waals surface area contributed by atoms with Crippen LogP contribution < -0.4 is 0 Å². The van der Waals surface area contributed by atoms with Crippen LogP contribution in [0.4, 0.5) is 0 Å². The van der Waals surface area contributed by atoms with Crippen molar-refractivity contribution >= 4 is 5.97 Å². The van der Waals surface area contributed by atoms with Gasteiger partial charge in [0.1, 0.15) is 0 Å². The third-order valence-corrected chi connectivity index (χ3v) is 3.66. The third kappa shape index (κ3) is 2.10. The van der Waals surface area contributed by atoms with E-state index in [9.17, 15) is 4.79 Å². The van der Waals surface area contributed by atoms with Crippen molar-refractivity contribution in [1.82, 2.24) is 0 Å². The first-order chi connectivity index (χ1) is 7.39. The molecule has 1 aliphatic carbocycles. The molecule has 2 aliphatic rings. The highest BCUT2D eigenvalue weighted by Gasteiger charge is 2.46. The average molecular weight is 226 g/mol. The minimum atomic E-state index is -0.383. The van der Waals surface area contributed by atoms with Gasteiger partial charge in [-0.15, -0.1) is 0 Å². The summed E-state index contributed by atoms with van der Waals surface area (Å²) in [5.74, 6) is 0.308. The minimum absolute atomic E-state index is 0.0349. The highest BCUT2D eigenvalue weighted by atomic mass is 16.7. The van der Waals surface area contributed by atoms with Gasteiger partial charge in [-0.05, 0) is 18.8 Å². The molecular formula is C13H22O3. The van der Waals surface area contributed by atoms with Crippen molar-refractivity contribution in [3.05, 3.63) is 0 Å². The van der Waals surface area contributed by atoms with Gasteiger partial charge in [0.2, 0.25) is 6.29 Å². The van der Waals surface area contributed by atoms with E-state index in [1.165, 1.54) is 0 Å². The van der Waals surface area contributed by atoms with E-state index in [0.29, 0.717) is 5.92 Å². The van der Waals surface area contributed by atoms with E-state index in [4.69, 9.17) is 9.47 Å². The van der Waals surface area contributed by atoms with Crippen LogP contribution in [-0.4, -0.2) is 18.4 Å². The molecule has 0 N–H and O–H groups in total. The monoisotopic (exact) mass is 226 g/mol. The summed E-state index contributed by atoms with van der Waals surface area (Å²) in [5.41, 5.74) is -0.138. The maximum Gasteiger partial charge on any atom is 0.314 e. The Morgan fingerprint density at radius 3 is 2.56 bits per heavy atom. The smallest absolute Gasteiger partial charge is 0.314 e. The fourth-order valence-corrected chi connectivity index (χ4v) is 2.65. The van der Waals surface area contributed by atoms with Crippen LogP contribution in [0.3, 0.4) is 0 Å². The Morgan fingerprint density at radius 2 is 1.94 bits per heavy atom. The second kappa shape index (κ2) is 4.02. The first-order valence-corrected chi connectivity index (χ1v) is 6.25. The zero-order valence-corrected chi connectivity index (χ0v) is 10.7. The summed E-state index contributed by atoms with van der Waals surface area (Å²) < 4.78 is 11.4. The maximum atomic E-state index is 12.0. The van der Waals surface area contributed by atoms with E-state index in [1.54, 1.807) is 0 Å². The molecule has 16 heavy (non-hydrogen) atoms. The molecule has 3 heteroatoms. The topological polar surface area (TPSA) is 35.5 Å². The lowest BCUT2D eigenvalue weighted by atomic mass is 9.77. The van der Waals surface area contributed by atoms with Crippen molar-refractivity contribution in [3.8, 4) is 0 Å². The fraction of sp³-hybridized carbons (Fsp3) is 0.923. The van der Waals surface area contributed by atoms with E-state index in [2.05, 4.69) is 6.92 Å². The van der Waals surface area contributed by atoms with Gasteiger partial charge in [-0.25, -0.2) is 0 Å². The number of hydrogen-bond donors (Lipinski definition) is 0. The molecule has 1 saturated carbocycles. The second-order valence-corrected chi connectivity index (χ2v) is 6.24. The van der Waals surface area contributed by atoms with E-state index >= 15 is 0 Å². The van der Waals surface area contributed by atoms with E-state index in [-0.39, 0.29) is 29.7 Å². The number of carbonyl (C=O) groups excluding carboxylic acids is 1. The molecule has 0 aromatic carbocycles. The maximum absolute atomic E-state index is 12.0. The SMILES string of the molecule is CC1CCCC2OC(C(C)(C)C)OC(=O)C12. The largest absolute Gasteiger partial charge is 0.435 e. The van der Waals surface area contributed by atoms with Gasteiger partial charge in [-0.2, -0.15) is 0 Å². The van der Waals surface area contributed by atoms with Crippen molar-refractivity contribution in [2.75, 3.05) is 0 Å². The van der Waals surface area contributed by atoms with Crippen LogP contribution in [0, 0.1) is 17.3 Å². The Morgan fingerprint density at radius 1 is 1.25 bits per heavy atom. The first kappa shape index (κ1) is 11.9. The predicted octanol–water partition coefficient (Wildman–Crippen LogP) is 2.74. The zero-order valence-electron chi connectivity index (χ0n) is 10.7. The molecule has 0 amide bonds. The normalized spacial score (nSPS) is 40.1. The summed E-state index contributed by atoms with van der Waals surface area (Å²) in [6.07, 6.45) is 2.96. The van der Waals surface area contributed by atoms with Gasteiger partial charge in [-0.1, -0.05) is 34.1 Å². The molecule has 1 heterocycles. The van der Waals surface area contributed by atoms with Crippen molar-refractivity contribution in [3.63, 3.8) is 0 Å². The number of cyclic esters (lactones) is 1. The number of ether oxygens (including phenoxy) is 2. The molecule has 0 bridgehead atoms. The van der Waals surface area contributed by atoms with Gasteiger partial charge in [0.15, 0.2) is 0 Å². The zero-order chi connectivity index (χ0) is 11.9. The minimum Gasteiger partial charge on any atom is -0.435 e. The molecule has 0 aromatic rings. The summed E-state index contributed by atoms with van der Waals surface area (Å²) in [6.45, 7) is 8.24. The quantitative estimate of drug-likeness (QED) is 0.596. The molecular weight excluding hydrogens is 204 g/mol. The lowest BCUT2D eigenvalue weighted by Gasteiger charge is -2.44. The van der Waals surface area contributed by atoms with E-state index < -0.39 is 0 Å². The molecule has 4 atom stereocenters. The Labute approximate surface area is 97.5 Å². The van der Waals surface area contributed by atoms with Gasteiger partial charge < -0.3 is 9.47 Å². The molecule has 92 valence electrons. The summed E-state index contributed by atoms with van der Waals surface area (Å²) in [5, 5.41) is 0. The van der Waals surface area contributed by atoms with Crippen LogP contribution in [0.2, 0.25) is 0 Å². The molecule has 2 rings (SSSR count). The summed E-state index contributed by atoms with van der Waals surface area (Å²) in [4.78, 5) is 12.0. The van der Waals surface area contributed by atoms with Crippen molar-refractivity contribution in [2.24, 2.45) is 17.3 Å². The Bertz CT molecular complexity index is 279. The van der Waals surface area contributed by atoms with Gasteiger partial charge in [0, 0.05) is 5.41 Å². The van der Waals surface area contributed by atoms with Crippen molar-refractivity contribution in [2.45, 2.75) is 59.4 Å². The van der Waals surface area contributed by atoms with Crippen LogP contribution in [-0.2, 0) is 14.3 Å². The second-order valence-electron chi connectivity index (χ2n) is 6.24. The molecule has 0 spiro atoms. The molecule has 2 fully saturated rings. The van der Waals surface area contributed by atoms with Crippen LogP contribution in [0.15, 0.2) is 0 Å². The predicted molar refractivity (Wildman–Crippen MR) is 60.7 cm³/mol. The van der Waals surface area contributed by atoms with Crippen LogP contribution in [0.25, 0.3) is 0 Å². The van der Waals surface area contributed by atoms with Gasteiger partial charge >= 0.3 is 5.97 Å². The van der Waals surface area contributed by atoms with Gasteiger partial charge in [-0.3, -0.25) is 4.79 Å². The standard InChI is InChI=1S/C13H22O3/c1-8-6-5-7-9-10(8)11(14)16-12(15-9)13(2,3)4/h8-10,12H,5-7H2,1-4H3. The summed E-state index contributed by atoms with van der Waals surface area (Å²) in [7, 11) is 0. The molecule has 1 aliphatic heterocycles. The highest BCUT2D eigenvalue weighted by Crippen LogP contribution is 2.40. The van der Waals surface area contributed by atoms with Crippen molar-refractivity contribution in [1.29, 1.82) is 0 Å². The molecule has 0 aromatic heterocycles. The summed E-state index contributed by atoms with van der Waals surface area (Å²) in [6, 6.07) is 0. The van der Waals surface area contributed by atoms with Crippen molar-refractivity contribution < 1.29 is 14.3 Å². The lowest BCUT2D eigenvalue weighted by Crippen LogP contribution is -2.51. The Balaban J connectivity index is 2.13. The van der Waals surface area contributed by atoms with Crippen LogP contribution in [0.5, 0.6) is 0 Å². The van der Waals surface area contributed by atoms with Gasteiger partial charge in [0.25, 0.3) is 0 Å².